The number of aryl methyl sites for hydroxylation is 1. The predicted molar refractivity (Wildman–Crippen MR) is 107 cm³/mol. The van der Waals surface area contributed by atoms with Crippen LogP contribution in [0.15, 0.2) is 41.4 Å². The van der Waals surface area contributed by atoms with E-state index in [-0.39, 0.29) is 11.4 Å². The molecule has 1 atom stereocenters. The number of hydrogen-bond acceptors (Lipinski definition) is 7. The molecule has 0 unspecified atom stereocenters. The van der Waals surface area contributed by atoms with Crippen LogP contribution in [0, 0.1) is 17.0 Å². The maximum absolute atomic E-state index is 12.5. The van der Waals surface area contributed by atoms with Crippen LogP contribution in [0.25, 0.3) is 0 Å². The second-order valence-corrected chi connectivity index (χ2v) is 6.92. The molecule has 0 aliphatic carbocycles. The van der Waals surface area contributed by atoms with E-state index in [1.165, 1.54) is 19.2 Å². The Balaban J connectivity index is 1.50. The van der Waals surface area contributed by atoms with Crippen molar-refractivity contribution in [1.29, 1.82) is 0 Å². The summed E-state index contributed by atoms with van der Waals surface area (Å²) in [6.45, 7) is 3.17. The van der Waals surface area contributed by atoms with E-state index >= 15 is 0 Å². The quantitative estimate of drug-likeness (QED) is 0.623. The summed E-state index contributed by atoms with van der Waals surface area (Å²) in [6.07, 6.45) is -0.427. The van der Waals surface area contributed by atoms with Crippen LogP contribution in [0.3, 0.4) is 0 Å². The van der Waals surface area contributed by atoms with Gasteiger partial charge in [-0.15, -0.1) is 0 Å². The molecule has 9 heteroatoms. The van der Waals surface area contributed by atoms with Crippen LogP contribution in [-0.2, 0) is 11.3 Å². The Morgan fingerprint density at radius 1 is 1.34 bits per heavy atom. The highest BCUT2D eigenvalue weighted by molar-refractivity contribution is 5.95. The average Bonchev–Trinajstić information content (AvgIpc) is 3.08. The Bertz CT molecular complexity index is 1020. The van der Waals surface area contributed by atoms with E-state index in [1.807, 2.05) is 24.3 Å². The number of carbonyl (C=O) groups excluding carboxylic acids is 1. The molecule has 2 heterocycles. The van der Waals surface area contributed by atoms with Crippen molar-refractivity contribution in [3.63, 3.8) is 0 Å². The van der Waals surface area contributed by atoms with Crippen LogP contribution < -0.4 is 10.1 Å². The first-order valence-electron chi connectivity index (χ1n) is 9.18. The van der Waals surface area contributed by atoms with Crippen molar-refractivity contribution >= 4 is 29.0 Å². The van der Waals surface area contributed by atoms with Gasteiger partial charge in [0.2, 0.25) is 0 Å². The van der Waals surface area contributed by atoms with Gasteiger partial charge in [0, 0.05) is 31.6 Å². The number of nitrogens with zero attached hydrogens (tertiary/aromatic N) is 3. The smallest absolute Gasteiger partial charge is 0.412 e. The number of rotatable bonds is 4. The number of hydrogen-bond donors (Lipinski definition) is 1. The molecule has 0 aromatic heterocycles. The lowest BCUT2D eigenvalue weighted by Gasteiger charge is -2.26. The van der Waals surface area contributed by atoms with Crippen LogP contribution in [0.5, 0.6) is 5.75 Å². The van der Waals surface area contributed by atoms with Crippen molar-refractivity contribution in [2.75, 3.05) is 19.0 Å². The van der Waals surface area contributed by atoms with Crippen molar-refractivity contribution in [2.45, 2.75) is 26.0 Å². The average molecular weight is 396 g/mol. The lowest BCUT2D eigenvalue weighted by Crippen LogP contribution is -2.34. The van der Waals surface area contributed by atoms with E-state index in [2.05, 4.69) is 15.2 Å². The van der Waals surface area contributed by atoms with Crippen molar-refractivity contribution < 1.29 is 19.2 Å². The second kappa shape index (κ2) is 7.42. The van der Waals surface area contributed by atoms with Crippen molar-refractivity contribution in [3.8, 4) is 5.75 Å². The van der Waals surface area contributed by atoms with Gasteiger partial charge in [-0.1, -0.05) is 18.2 Å². The third-order valence-corrected chi connectivity index (χ3v) is 5.07. The zero-order valence-electron chi connectivity index (χ0n) is 16.0. The number of nitro groups is 1. The molecule has 1 fully saturated rings. The van der Waals surface area contributed by atoms with E-state index in [1.54, 1.807) is 6.92 Å². The molecule has 2 aromatic carbocycles. The number of amidine groups is 1. The molecule has 1 amide bonds. The molecule has 9 nitrogen and oxygen atoms in total. The molecule has 1 saturated heterocycles. The zero-order chi connectivity index (χ0) is 20.5. The molecule has 29 heavy (non-hydrogen) atoms. The van der Waals surface area contributed by atoms with E-state index in [9.17, 15) is 14.9 Å². The molecular formula is C20H20N4O5. The Hall–Kier alpha value is -3.62. The predicted octanol–water partition coefficient (Wildman–Crippen LogP) is 3.78. The van der Waals surface area contributed by atoms with E-state index in [0.717, 1.165) is 30.2 Å². The summed E-state index contributed by atoms with van der Waals surface area (Å²) in [5.41, 5.74) is 2.81. The van der Waals surface area contributed by atoms with Gasteiger partial charge in [0.05, 0.1) is 23.4 Å². The fourth-order valence-corrected chi connectivity index (χ4v) is 3.60. The SMILES string of the molecule is COc1cc(NC(=O)O[C@H]2CCN3Cc4ccccc4N=C23)c(C)cc1[N+](=O)[O-]. The summed E-state index contributed by atoms with van der Waals surface area (Å²) in [5.74, 6) is 0.813. The molecule has 1 N–H and O–H groups in total. The number of nitro benzene ring substituents is 1. The molecule has 4 rings (SSSR count). The molecule has 150 valence electrons. The summed E-state index contributed by atoms with van der Waals surface area (Å²) in [4.78, 5) is 29.8. The Morgan fingerprint density at radius 3 is 2.90 bits per heavy atom. The Morgan fingerprint density at radius 2 is 2.14 bits per heavy atom. The fraction of sp³-hybridized carbons (Fsp3) is 0.300. The minimum absolute atomic E-state index is 0.0659. The maximum atomic E-state index is 12.5. The third kappa shape index (κ3) is 3.58. The first-order valence-corrected chi connectivity index (χ1v) is 9.18. The van der Waals surface area contributed by atoms with Gasteiger partial charge in [0.25, 0.3) is 0 Å². The first kappa shape index (κ1) is 18.7. The second-order valence-electron chi connectivity index (χ2n) is 6.92. The van der Waals surface area contributed by atoms with Crippen LogP contribution in [0.2, 0.25) is 0 Å². The summed E-state index contributed by atoms with van der Waals surface area (Å²) < 4.78 is 10.7. The van der Waals surface area contributed by atoms with Gasteiger partial charge in [-0.2, -0.15) is 0 Å². The minimum atomic E-state index is -0.641. The largest absolute Gasteiger partial charge is 0.490 e. The van der Waals surface area contributed by atoms with Crippen molar-refractivity contribution in [1.82, 2.24) is 4.90 Å². The number of aliphatic imine (C=N–C) groups is 1. The van der Waals surface area contributed by atoms with Gasteiger partial charge in [-0.25, -0.2) is 9.79 Å². The van der Waals surface area contributed by atoms with Crippen LogP contribution in [-0.4, -0.2) is 41.5 Å². The van der Waals surface area contributed by atoms with Gasteiger partial charge < -0.3 is 14.4 Å². The summed E-state index contributed by atoms with van der Waals surface area (Å²) in [6, 6.07) is 10.7. The summed E-state index contributed by atoms with van der Waals surface area (Å²) in [5, 5.41) is 13.8. The maximum Gasteiger partial charge on any atom is 0.412 e. The van der Waals surface area contributed by atoms with Crippen molar-refractivity contribution in [3.05, 3.63) is 57.6 Å². The van der Waals surface area contributed by atoms with Gasteiger partial charge in [0.15, 0.2) is 11.9 Å². The van der Waals surface area contributed by atoms with E-state index < -0.39 is 17.1 Å². The van der Waals surface area contributed by atoms with Crippen LogP contribution in [0.1, 0.15) is 17.5 Å². The summed E-state index contributed by atoms with van der Waals surface area (Å²) in [7, 11) is 1.34. The zero-order valence-corrected chi connectivity index (χ0v) is 16.0. The molecule has 0 bridgehead atoms. The number of anilines is 1. The number of nitrogens with one attached hydrogen (secondary N) is 1. The molecule has 0 spiro atoms. The lowest BCUT2D eigenvalue weighted by molar-refractivity contribution is -0.385. The van der Waals surface area contributed by atoms with E-state index in [4.69, 9.17) is 9.47 Å². The highest BCUT2D eigenvalue weighted by atomic mass is 16.6. The fourth-order valence-electron chi connectivity index (χ4n) is 3.60. The molecule has 0 saturated carbocycles. The number of benzene rings is 2. The molecule has 2 aliphatic heterocycles. The third-order valence-electron chi connectivity index (χ3n) is 5.07. The molecule has 0 radical (unpaired) electrons. The summed E-state index contributed by atoms with van der Waals surface area (Å²) >= 11 is 0. The molecule has 2 aliphatic rings. The van der Waals surface area contributed by atoms with E-state index in [0.29, 0.717) is 17.7 Å². The standard InChI is InChI=1S/C20H20N4O5/c1-12-9-16(24(26)27)18(28-2)10-15(12)22-20(25)29-17-7-8-23-11-13-5-3-4-6-14(13)21-19(17)23/h3-6,9-10,17H,7-8,11H2,1-2H3,(H,22,25)/t17-/m0/s1. The number of amides is 1. The number of fused-ring (bicyclic) bond motifs is 2. The Labute approximate surface area is 167 Å². The lowest BCUT2D eigenvalue weighted by atomic mass is 10.1. The number of carbonyl (C=O) groups is 1. The minimum Gasteiger partial charge on any atom is -0.490 e. The number of ether oxygens (including phenoxy) is 2. The number of para-hydroxylation sites is 1. The van der Waals surface area contributed by atoms with Crippen LogP contribution >= 0.6 is 0 Å². The van der Waals surface area contributed by atoms with Gasteiger partial charge in [0.1, 0.15) is 5.84 Å². The normalized spacial score (nSPS) is 17.1. The monoisotopic (exact) mass is 396 g/mol. The highest BCUT2D eigenvalue weighted by Crippen LogP contribution is 2.34. The Kier molecular flexibility index (Phi) is 4.79. The van der Waals surface area contributed by atoms with Crippen LogP contribution in [0.4, 0.5) is 21.9 Å². The van der Waals surface area contributed by atoms with Gasteiger partial charge >= 0.3 is 11.8 Å². The van der Waals surface area contributed by atoms with Gasteiger partial charge in [-0.3, -0.25) is 15.4 Å². The first-order chi connectivity index (χ1) is 14.0. The van der Waals surface area contributed by atoms with Gasteiger partial charge in [-0.05, 0) is 24.1 Å². The highest BCUT2D eigenvalue weighted by Gasteiger charge is 2.35. The van der Waals surface area contributed by atoms with Crippen molar-refractivity contribution in [2.24, 2.45) is 4.99 Å². The topological polar surface area (TPSA) is 106 Å². The number of methoxy groups -OCH3 is 1. The molecule has 2 aromatic rings. The molecular weight excluding hydrogens is 376 g/mol.